The number of nitrogens with zero attached hydrogens (tertiary/aromatic N) is 2. The molecule has 0 saturated carbocycles. The molecule has 0 fully saturated rings. The Morgan fingerprint density at radius 2 is 2.17 bits per heavy atom. The molecule has 2 heterocycles. The zero-order valence-corrected chi connectivity index (χ0v) is 10.1. The molecule has 18 heavy (non-hydrogen) atoms. The normalized spacial score (nSPS) is 18.3. The molecule has 2 aliphatic heterocycles. The van der Waals surface area contributed by atoms with Gasteiger partial charge in [-0.15, -0.1) is 0 Å². The van der Waals surface area contributed by atoms with Crippen LogP contribution < -0.4 is 9.47 Å². The molecular weight excluding hydrogens is 228 g/mol. The monoisotopic (exact) mass is 242 g/mol. The van der Waals surface area contributed by atoms with Gasteiger partial charge in [0, 0.05) is 25.2 Å². The minimum Gasteiger partial charge on any atom is -0.454 e. The lowest BCUT2D eigenvalue weighted by Gasteiger charge is -2.24. The smallest absolute Gasteiger partial charge is 0.231 e. The fraction of sp³-hybridized carbons (Fsp3) is 0.357. The summed E-state index contributed by atoms with van der Waals surface area (Å²) in [6.07, 6.45) is 2.86. The van der Waals surface area contributed by atoms with Crippen LogP contribution in [-0.2, 0) is 6.54 Å². The molecule has 4 nitrogen and oxygen atoms in total. The van der Waals surface area contributed by atoms with Gasteiger partial charge in [-0.05, 0) is 24.1 Å². The third-order valence-electron chi connectivity index (χ3n) is 3.28. The second-order valence-corrected chi connectivity index (χ2v) is 4.51. The molecule has 0 N–H and O–H groups in total. The number of hydrogen-bond acceptors (Lipinski definition) is 4. The van der Waals surface area contributed by atoms with E-state index in [1.165, 1.54) is 5.56 Å². The molecular formula is C14H14N2O2. The molecule has 0 atom stereocenters. The van der Waals surface area contributed by atoms with E-state index in [0.29, 0.717) is 6.79 Å². The molecule has 0 aromatic heterocycles. The highest BCUT2D eigenvalue weighted by molar-refractivity contribution is 5.44. The van der Waals surface area contributed by atoms with Gasteiger partial charge < -0.3 is 9.47 Å². The van der Waals surface area contributed by atoms with Gasteiger partial charge in [0.05, 0.1) is 6.07 Å². The van der Waals surface area contributed by atoms with Crippen molar-refractivity contribution in [2.45, 2.75) is 13.0 Å². The Bertz CT molecular complexity index is 531. The number of rotatable bonds is 2. The second kappa shape index (κ2) is 4.71. The van der Waals surface area contributed by atoms with Crippen molar-refractivity contribution in [1.82, 2.24) is 4.90 Å². The fourth-order valence-corrected chi connectivity index (χ4v) is 2.25. The van der Waals surface area contributed by atoms with Crippen molar-refractivity contribution in [1.29, 1.82) is 5.26 Å². The minimum absolute atomic E-state index is 0.316. The van der Waals surface area contributed by atoms with Gasteiger partial charge in [0.2, 0.25) is 6.79 Å². The highest BCUT2D eigenvalue weighted by atomic mass is 16.7. The Morgan fingerprint density at radius 3 is 2.94 bits per heavy atom. The van der Waals surface area contributed by atoms with E-state index in [1.54, 1.807) is 0 Å². The maximum absolute atomic E-state index is 8.81. The van der Waals surface area contributed by atoms with Gasteiger partial charge in [-0.25, -0.2) is 0 Å². The van der Waals surface area contributed by atoms with Crippen LogP contribution in [0.15, 0.2) is 29.8 Å². The average molecular weight is 242 g/mol. The number of benzene rings is 1. The highest BCUT2D eigenvalue weighted by Gasteiger charge is 2.16. The van der Waals surface area contributed by atoms with Gasteiger partial charge in [0.1, 0.15) is 0 Å². The van der Waals surface area contributed by atoms with Crippen molar-refractivity contribution in [2.75, 3.05) is 19.9 Å². The third kappa shape index (κ3) is 2.18. The summed E-state index contributed by atoms with van der Waals surface area (Å²) in [5, 5.41) is 8.81. The standard InChI is InChI=1S/C14H14N2O2/c15-8-11-3-5-16(6-4-11)9-12-1-2-13-14(7-12)18-10-17-13/h1-3,7H,4-6,9-10H2. The lowest BCUT2D eigenvalue weighted by atomic mass is 10.1. The van der Waals surface area contributed by atoms with E-state index in [9.17, 15) is 0 Å². The van der Waals surface area contributed by atoms with Crippen LogP contribution >= 0.6 is 0 Å². The molecule has 1 aromatic rings. The molecule has 0 aliphatic carbocycles. The number of nitriles is 1. The Balaban J connectivity index is 1.67. The summed E-state index contributed by atoms with van der Waals surface area (Å²) in [6, 6.07) is 8.28. The number of hydrogen-bond donors (Lipinski definition) is 0. The van der Waals surface area contributed by atoms with Crippen molar-refractivity contribution in [3.05, 3.63) is 35.4 Å². The maximum atomic E-state index is 8.81. The van der Waals surface area contributed by atoms with E-state index in [1.807, 2.05) is 18.2 Å². The van der Waals surface area contributed by atoms with Crippen LogP contribution in [-0.4, -0.2) is 24.8 Å². The van der Waals surface area contributed by atoms with E-state index in [2.05, 4.69) is 17.0 Å². The first-order chi connectivity index (χ1) is 8.85. The van der Waals surface area contributed by atoms with Crippen LogP contribution in [0.4, 0.5) is 0 Å². The van der Waals surface area contributed by atoms with Crippen LogP contribution in [0.1, 0.15) is 12.0 Å². The van der Waals surface area contributed by atoms with Crippen molar-refractivity contribution >= 4 is 0 Å². The Morgan fingerprint density at radius 1 is 1.28 bits per heavy atom. The van der Waals surface area contributed by atoms with Crippen molar-refractivity contribution in [2.24, 2.45) is 0 Å². The van der Waals surface area contributed by atoms with Gasteiger partial charge in [-0.1, -0.05) is 12.1 Å². The molecule has 0 saturated heterocycles. The average Bonchev–Trinajstić information content (AvgIpc) is 2.87. The minimum atomic E-state index is 0.316. The highest BCUT2D eigenvalue weighted by Crippen LogP contribution is 2.32. The first-order valence-electron chi connectivity index (χ1n) is 6.05. The molecule has 4 heteroatoms. The van der Waals surface area contributed by atoms with Gasteiger partial charge in [-0.2, -0.15) is 5.26 Å². The zero-order valence-electron chi connectivity index (χ0n) is 10.1. The van der Waals surface area contributed by atoms with Crippen molar-refractivity contribution < 1.29 is 9.47 Å². The first-order valence-corrected chi connectivity index (χ1v) is 6.05. The molecule has 2 aliphatic rings. The first kappa shape index (κ1) is 11.1. The molecule has 3 rings (SSSR count). The summed E-state index contributed by atoms with van der Waals surface area (Å²) in [4.78, 5) is 2.32. The predicted octanol–water partition coefficient (Wildman–Crippen LogP) is 2.07. The lowest BCUT2D eigenvalue weighted by Crippen LogP contribution is -2.28. The topological polar surface area (TPSA) is 45.5 Å². The quantitative estimate of drug-likeness (QED) is 0.796. The number of fused-ring (bicyclic) bond motifs is 1. The summed E-state index contributed by atoms with van der Waals surface area (Å²) in [7, 11) is 0. The van der Waals surface area contributed by atoms with Crippen LogP contribution in [0.2, 0.25) is 0 Å². The Kier molecular flexibility index (Phi) is 2.91. The van der Waals surface area contributed by atoms with Gasteiger partial charge in [0.15, 0.2) is 11.5 Å². The molecule has 92 valence electrons. The molecule has 0 unspecified atom stereocenters. The zero-order chi connectivity index (χ0) is 12.4. The van der Waals surface area contributed by atoms with Gasteiger partial charge >= 0.3 is 0 Å². The van der Waals surface area contributed by atoms with E-state index in [0.717, 1.165) is 43.1 Å². The van der Waals surface area contributed by atoms with Crippen LogP contribution in [0.3, 0.4) is 0 Å². The van der Waals surface area contributed by atoms with Gasteiger partial charge in [-0.3, -0.25) is 4.90 Å². The maximum Gasteiger partial charge on any atom is 0.231 e. The van der Waals surface area contributed by atoms with Crippen LogP contribution in [0.5, 0.6) is 11.5 Å². The third-order valence-corrected chi connectivity index (χ3v) is 3.28. The number of ether oxygens (including phenoxy) is 2. The Labute approximate surface area is 106 Å². The summed E-state index contributed by atoms with van der Waals surface area (Å²) in [5.74, 6) is 1.65. The largest absolute Gasteiger partial charge is 0.454 e. The molecule has 1 aromatic carbocycles. The molecule has 0 spiro atoms. The van der Waals surface area contributed by atoms with Gasteiger partial charge in [0.25, 0.3) is 0 Å². The van der Waals surface area contributed by atoms with E-state index in [-0.39, 0.29) is 0 Å². The van der Waals surface area contributed by atoms with Crippen molar-refractivity contribution in [3.63, 3.8) is 0 Å². The fourth-order valence-electron chi connectivity index (χ4n) is 2.25. The van der Waals surface area contributed by atoms with Crippen molar-refractivity contribution in [3.8, 4) is 17.6 Å². The molecule has 0 bridgehead atoms. The van der Waals surface area contributed by atoms with E-state index in [4.69, 9.17) is 14.7 Å². The summed E-state index contributed by atoms with van der Waals surface area (Å²) >= 11 is 0. The van der Waals surface area contributed by atoms with Crippen LogP contribution in [0.25, 0.3) is 0 Å². The lowest BCUT2D eigenvalue weighted by molar-refractivity contribution is 0.174. The summed E-state index contributed by atoms with van der Waals surface area (Å²) in [5.41, 5.74) is 2.12. The summed E-state index contributed by atoms with van der Waals surface area (Å²) in [6.45, 7) is 2.98. The van der Waals surface area contributed by atoms with E-state index < -0.39 is 0 Å². The SMILES string of the molecule is N#CC1=CCN(Cc2ccc3c(c2)OCO3)CC1. The Hall–Kier alpha value is -1.99. The van der Waals surface area contributed by atoms with E-state index >= 15 is 0 Å². The van der Waals surface area contributed by atoms with Crippen LogP contribution in [0, 0.1) is 11.3 Å². The second-order valence-electron chi connectivity index (χ2n) is 4.51. The molecule has 0 amide bonds. The summed E-state index contributed by atoms with van der Waals surface area (Å²) < 4.78 is 10.7. The molecule has 0 radical (unpaired) electrons. The predicted molar refractivity (Wildman–Crippen MR) is 66.2 cm³/mol.